The Bertz CT molecular complexity index is 541. The summed E-state index contributed by atoms with van der Waals surface area (Å²) in [5, 5.41) is 3.62. The molecular formula is C14H18BrNO2S. The number of hydrogen-bond donors (Lipinski definition) is 1. The molecule has 0 amide bonds. The van der Waals surface area contributed by atoms with Gasteiger partial charge < -0.3 is 5.32 Å². The fraction of sp³-hybridized carbons (Fsp3) is 0.571. The van der Waals surface area contributed by atoms with Crippen molar-refractivity contribution in [1.29, 1.82) is 0 Å². The number of sulfone groups is 1. The van der Waals surface area contributed by atoms with E-state index >= 15 is 0 Å². The van der Waals surface area contributed by atoms with Gasteiger partial charge >= 0.3 is 0 Å². The van der Waals surface area contributed by atoms with Crippen LogP contribution in [0.3, 0.4) is 0 Å². The van der Waals surface area contributed by atoms with Crippen molar-refractivity contribution in [2.45, 2.75) is 37.3 Å². The molecule has 1 aromatic carbocycles. The van der Waals surface area contributed by atoms with Gasteiger partial charge in [0.25, 0.3) is 0 Å². The number of nitrogens with one attached hydrogen (secondary N) is 1. The van der Waals surface area contributed by atoms with E-state index in [4.69, 9.17) is 0 Å². The largest absolute Gasteiger partial charge is 0.311 e. The molecule has 0 bridgehead atoms. The first-order chi connectivity index (χ1) is 9.03. The third-order valence-corrected chi connectivity index (χ3v) is 6.34. The van der Waals surface area contributed by atoms with Gasteiger partial charge in [-0.2, -0.15) is 0 Å². The Morgan fingerprint density at radius 2 is 1.74 bits per heavy atom. The van der Waals surface area contributed by atoms with Crippen molar-refractivity contribution in [3.63, 3.8) is 0 Å². The quantitative estimate of drug-likeness (QED) is 0.916. The second-order valence-corrected chi connectivity index (χ2v) is 8.81. The summed E-state index contributed by atoms with van der Waals surface area (Å²) >= 11 is 3.45. The van der Waals surface area contributed by atoms with E-state index in [0.29, 0.717) is 29.5 Å². The second-order valence-electron chi connectivity index (χ2n) is 5.59. The van der Waals surface area contributed by atoms with Crippen molar-refractivity contribution >= 4 is 25.8 Å². The molecule has 1 saturated heterocycles. The van der Waals surface area contributed by atoms with E-state index in [1.807, 2.05) is 0 Å². The molecule has 0 unspecified atom stereocenters. The molecule has 1 aliphatic heterocycles. The Kier molecular flexibility index (Phi) is 3.71. The van der Waals surface area contributed by atoms with Gasteiger partial charge in [0.2, 0.25) is 0 Å². The molecule has 3 rings (SSSR count). The highest BCUT2D eigenvalue weighted by molar-refractivity contribution is 9.10. The summed E-state index contributed by atoms with van der Waals surface area (Å²) in [6.45, 7) is 0. The molecule has 0 aromatic heterocycles. The molecule has 2 atom stereocenters. The molecule has 5 heteroatoms. The van der Waals surface area contributed by atoms with Crippen LogP contribution in [-0.2, 0) is 9.84 Å². The zero-order valence-corrected chi connectivity index (χ0v) is 13.1. The van der Waals surface area contributed by atoms with Gasteiger partial charge in [-0.05, 0) is 37.0 Å². The zero-order chi connectivity index (χ0) is 13.5. The van der Waals surface area contributed by atoms with Crippen molar-refractivity contribution in [2.24, 2.45) is 0 Å². The van der Waals surface area contributed by atoms with Crippen LogP contribution in [0, 0.1) is 0 Å². The number of halogens is 1. The summed E-state index contributed by atoms with van der Waals surface area (Å²) in [4.78, 5) is 0. The SMILES string of the molecule is O=S1(=O)CCC(N[C@@H]2C[C@H]2c2ccc(Br)cc2)CC1. The van der Waals surface area contributed by atoms with Crippen molar-refractivity contribution < 1.29 is 8.42 Å². The van der Waals surface area contributed by atoms with Gasteiger partial charge in [-0.25, -0.2) is 8.42 Å². The fourth-order valence-corrected chi connectivity index (χ4v) is 4.57. The molecule has 2 aliphatic rings. The molecule has 0 spiro atoms. The van der Waals surface area contributed by atoms with Gasteiger partial charge in [0.15, 0.2) is 0 Å². The maximum Gasteiger partial charge on any atom is 0.150 e. The molecule has 104 valence electrons. The summed E-state index contributed by atoms with van der Waals surface area (Å²) in [7, 11) is -2.75. The molecule has 0 radical (unpaired) electrons. The maximum absolute atomic E-state index is 11.4. The Labute approximate surface area is 122 Å². The topological polar surface area (TPSA) is 46.2 Å². The van der Waals surface area contributed by atoms with E-state index in [1.54, 1.807) is 0 Å². The first-order valence-electron chi connectivity index (χ1n) is 6.75. The lowest BCUT2D eigenvalue weighted by molar-refractivity contribution is 0.457. The van der Waals surface area contributed by atoms with E-state index < -0.39 is 9.84 Å². The average Bonchev–Trinajstić information content (AvgIpc) is 3.12. The van der Waals surface area contributed by atoms with Gasteiger partial charge in [0.05, 0.1) is 11.5 Å². The predicted molar refractivity (Wildman–Crippen MR) is 80.1 cm³/mol. The number of hydrogen-bond acceptors (Lipinski definition) is 3. The third-order valence-electron chi connectivity index (χ3n) is 4.09. The highest BCUT2D eigenvalue weighted by atomic mass is 79.9. The summed E-state index contributed by atoms with van der Waals surface area (Å²) < 4.78 is 23.9. The second kappa shape index (κ2) is 5.19. The molecule has 1 heterocycles. The summed E-state index contributed by atoms with van der Waals surface area (Å²) in [6, 6.07) is 9.42. The van der Waals surface area contributed by atoms with Crippen molar-refractivity contribution in [3.8, 4) is 0 Å². The lowest BCUT2D eigenvalue weighted by Crippen LogP contribution is -2.39. The minimum atomic E-state index is -2.75. The Morgan fingerprint density at radius 1 is 1.11 bits per heavy atom. The predicted octanol–water partition coefficient (Wildman–Crippen LogP) is 2.47. The van der Waals surface area contributed by atoms with E-state index in [2.05, 4.69) is 45.5 Å². The Hall–Kier alpha value is -0.390. The monoisotopic (exact) mass is 343 g/mol. The summed E-state index contributed by atoms with van der Waals surface area (Å²) in [6.07, 6.45) is 2.71. The summed E-state index contributed by atoms with van der Waals surface area (Å²) in [5.41, 5.74) is 1.38. The van der Waals surface area contributed by atoms with Gasteiger partial charge in [-0.15, -0.1) is 0 Å². The first-order valence-corrected chi connectivity index (χ1v) is 9.37. The number of rotatable bonds is 3. The molecule has 1 aliphatic carbocycles. The zero-order valence-electron chi connectivity index (χ0n) is 10.7. The first kappa shape index (κ1) is 13.6. The Morgan fingerprint density at radius 3 is 2.37 bits per heavy atom. The van der Waals surface area contributed by atoms with Crippen LogP contribution < -0.4 is 5.32 Å². The van der Waals surface area contributed by atoms with E-state index in [9.17, 15) is 8.42 Å². The van der Waals surface area contributed by atoms with Gasteiger partial charge in [-0.3, -0.25) is 0 Å². The van der Waals surface area contributed by atoms with Gasteiger partial charge in [0.1, 0.15) is 9.84 Å². The van der Waals surface area contributed by atoms with Crippen molar-refractivity contribution in [2.75, 3.05) is 11.5 Å². The van der Waals surface area contributed by atoms with Gasteiger partial charge in [0, 0.05) is 22.5 Å². The van der Waals surface area contributed by atoms with E-state index in [-0.39, 0.29) is 0 Å². The lowest BCUT2D eigenvalue weighted by atomic mass is 10.1. The van der Waals surface area contributed by atoms with Crippen LogP contribution in [0.25, 0.3) is 0 Å². The molecule has 1 aromatic rings. The van der Waals surface area contributed by atoms with Crippen LogP contribution in [0.5, 0.6) is 0 Å². The fourth-order valence-electron chi connectivity index (χ4n) is 2.82. The van der Waals surface area contributed by atoms with Crippen molar-refractivity contribution in [1.82, 2.24) is 5.32 Å². The third kappa shape index (κ3) is 3.38. The molecule has 1 saturated carbocycles. The molecule has 19 heavy (non-hydrogen) atoms. The van der Waals surface area contributed by atoms with E-state index in [0.717, 1.165) is 17.3 Å². The summed E-state index contributed by atoms with van der Waals surface area (Å²) in [5.74, 6) is 1.30. The van der Waals surface area contributed by atoms with Crippen LogP contribution in [0.4, 0.5) is 0 Å². The molecule has 2 fully saturated rings. The smallest absolute Gasteiger partial charge is 0.150 e. The van der Waals surface area contributed by atoms with Crippen molar-refractivity contribution in [3.05, 3.63) is 34.3 Å². The number of benzene rings is 1. The van der Waals surface area contributed by atoms with Crippen LogP contribution in [0.15, 0.2) is 28.7 Å². The van der Waals surface area contributed by atoms with Crippen LogP contribution in [-0.4, -0.2) is 32.0 Å². The van der Waals surface area contributed by atoms with Crippen LogP contribution >= 0.6 is 15.9 Å². The molecule has 3 nitrogen and oxygen atoms in total. The highest BCUT2D eigenvalue weighted by Crippen LogP contribution is 2.41. The van der Waals surface area contributed by atoms with Crippen LogP contribution in [0.1, 0.15) is 30.7 Å². The Balaban J connectivity index is 1.52. The lowest BCUT2D eigenvalue weighted by Gasteiger charge is -2.23. The minimum Gasteiger partial charge on any atom is -0.311 e. The van der Waals surface area contributed by atoms with Gasteiger partial charge in [-0.1, -0.05) is 28.1 Å². The maximum atomic E-state index is 11.4. The standard InChI is InChI=1S/C14H18BrNO2S/c15-11-3-1-10(2-4-11)13-9-14(13)16-12-5-7-19(17,18)8-6-12/h1-4,12-14,16H,5-9H2/t13-,14+/m0/s1. The van der Waals surface area contributed by atoms with E-state index in [1.165, 1.54) is 12.0 Å². The molecular weight excluding hydrogens is 326 g/mol. The average molecular weight is 344 g/mol. The minimum absolute atomic E-state index is 0.348. The normalized spacial score (nSPS) is 30.2. The highest BCUT2D eigenvalue weighted by Gasteiger charge is 2.40. The van der Waals surface area contributed by atoms with Crippen LogP contribution in [0.2, 0.25) is 0 Å². The molecule has 1 N–H and O–H groups in total.